The van der Waals surface area contributed by atoms with E-state index in [2.05, 4.69) is 59.1 Å². The SMILES string of the molecule is Cc1ccc(C(c2ccsc2)N2CCCNCC2)c(C)c1. The van der Waals surface area contributed by atoms with E-state index in [-0.39, 0.29) is 0 Å². The summed E-state index contributed by atoms with van der Waals surface area (Å²) in [7, 11) is 0. The molecule has 3 heteroatoms. The summed E-state index contributed by atoms with van der Waals surface area (Å²) < 4.78 is 0. The molecule has 3 rings (SSSR count). The van der Waals surface area contributed by atoms with E-state index in [0.717, 1.165) is 19.6 Å². The van der Waals surface area contributed by atoms with Crippen LogP contribution in [0.1, 0.15) is 34.7 Å². The second kappa shape index (κ2) is 6.73. The quantitative estimate of drug-likeness (QED) is 0.928. The molecular formula is C18H24N2S. The lowest BCUT2D eigenvalue weighted by molar-refractivity contribution is 0.241. The summed E-state index contributed by atoms with van der Waals surface area (Å²) in [5, 5.41) is 8.02. The Hall–Kier alpha value is -1.16. The van der Waals surface area contributed by atoms with Crippen LogP contribution in [0.5, 0.6) is 0 Å². The molecule has 2 aromatic rings. The molecule has 2 nitrogen and oxygen atoms in total. The fraction of sp³-hybridized carbons (Fsp3) is 0.444. The third-order valence-electron chi connectivity index (χ3n) is 4.32. The van der Waals surface area contributed by atoms with E-state index in [1.54, 1.807) is 11.3 Å². The first kappa shape index (κ1) is 14.8. The number of aryl methyl sites for hydroxylation is 2. The lowest BCUT2D eigenvalue weighted by Crippen LogP contribution is -2.33. The van der Waals surface area contributed by atoms with Crippen molar-refractivity contribution in [3.63, 3.8) is 0 Å². The van der Waals surface area contributed by atoms with Gasteiger partial charge in [-0.25, -0.2) is 0 Å². The summed E-state index contributed by atoms with van der Waals surface area (Å²) in [4.78, 5) is 2.64. The molecule has 2 heterocycles. The highest BCUT2D eigenvalue weighted by atomic mass is 32.1. The van der Waals surface area contributed by atoms with Gasteiger partial charge in [0, 0.05) is 19.6 Å². The molecule has 1 unspecified atom stereocenters. The van der Waals surface area contributed by atoms with Crippen LogP contribution in [0, 0.1) is 13.8 Å². The molecule has 1 aromatic heterocycles. The fourth-order valence-corrected chi connectivity index (χ4v) is 3.95. The highest BCUT2D eigenvalue weighted by molar-refractivity contribution is 7.08. The van der Waals surface area contributed by atoms with Crippen LogP contribution in [0.3, 0.4) is 0 Å². The molecule has 0 aliphatic carbocycles. The molecule has 0 radical (unpaired) electrons. The summed E-state index contributed by atoms with van der Waals surface area (Å²) in [6, 6.07) is 9.57. The Morgan fingerprint density at radius 2 is 2.05 bits per heavy atom. The zero-order valence-electron chi connectivity index (χ0n) is 12.9. The summed E-state index contributed by atoms with van der Waals surface area (Å²) in [5.74, 6) is 0. The van der Waals surface area contributed by atoms with Crippen LogP contribution >= 0.6 is 11.3 Å². The number of hydrogen-bond acceptors (Lipinski definition) is 3. The van der Waals surface area contributed by atoms with Crippen LogP contribution in [-0.4, -0.2) is 31.1 Å². The first-order chi connectivity index (χ1) is 10.3. The molecule has 0 amide bonds. The second-order valence-electron chi connectivity index (χ2n) is 5.96. The molecule has 112 valence electrons. The topological polar surface area (TPSA) is 15.3 Å². The molecule has 1 aromatic carbocycles. The van der Waals surface area contributed by atoms with Gasteiger partial charge in [-0.05, 0) is 60.3 Å². The fourth-order valence-electron chi connectivity index (χ4n) is 3.27. The minimum Gasteiger partial charge on any atom is -0.315 e. The van der Waals surface area contributed by atoms with Gasteiger partial charge in [-0.3, -0.25) is 4.90 Å². The van der Waals surface area contributed by atoms with E-state index in [9.17, 15) is 0 Å². The van der Waals surface area contributed by atoms with Crippen LogP contribution in [0.15, 0.2) is 35.0 Å². The number of hydrogen-bond donors (Lipinski definition) is 1. The van der Waals surface area contributed by atoms with Gasteiger partial charge in [0.2, 0.25) is 0 Å². The van der Waals surface area contributed by atoms with Gasteiger partial charge in [0.25, 0.3) is 0 Å². The van der Waals surface area contributed by atoms with Crippen molar-refractivity contribution in [2.75, 3.05) is 26.2 Å². The molecular weight excluding hydrogens is 276 g/mol. The molecule has 0 saturated carbocycles. The zero-order valence-corrected chi connectivity index (χ0v) is 13.7. The smallest absolute Gasteiger partial charge is 0.0613 e. The van der Waals surface area contributed by atoms with Gasteiger partial charge in [0.15, 0.2) is 0 Å². The molecule has 1 aliphatic heterocycles. The minimum atomic E-state index is 0.400. The first-order valence-electron chi connectivity index (χ1n) is 7.80. The summed E-state index contributed by atoms with van der Waals surface area (Å²) in [6.07, 6.45) is 1.23. The van der Waals surface area contributed by atoms with Crippen LogP contribution in [0.25, 0.3) is 0 Å². The third-order valence-corrected chi connectivity index (χ3v) is 5.02. The van der Waals surface area contributed by atoms with Gasteiger partial charge >= 0.3 is 0 Å². The number of rotatable bonds is 3. The van der Waals surface area contributed by atoms with Crippen LogP contribution < -0.4 is 5.32 Å². The number of benzene rings is 1. The van der Waals surface area contributed by atoms with Crippen molar-refractivity contribution in [2.24, 2.45) is 0 Å². The molecule has 1 atom stereocenters. The molecule has 0 bridgehead atoms. The lowest BCUT2D eigenvalue weighted by Gasteiger charge is -2.31. The van der Waals surface area contributed by atoms with Crippen LogP contribution in [0.2, 0.25) is 0 Å². The molecule has 1 aliphatic rings. The minimum absolute atomic E-state index is 0.400. The maximum absolute atomic E-state index is 3.51. The number of nitrogens with zero attached hydrogens (tertiary/aromatic N) is 1. The van der Waals surface area contributed by atoms with Crippen molar-refractivity contribution in [3.8, 4) is 0 Å². The summed E-state index contributed by atoms with van der Waals surface area (Å²) in [5.41, 5.74) is 5.65. The van der Waals surface area contributed by atoms with Crippen LogP contribution in [-0.2, 0) is 0 Å². The van der Waals surface area contributed by atoms with Crippen molar-refractivity contribution in [3.05, 3.63) is 57.3 Å². The van der Waals surface area contributed by atoms with Gasteiger partial charge in [-0.1, -0.05) is 23.8 Å². The Morgan fingerprint density at radius 1 is 1.14 bits per heavy atom. The monoisotopic (exact) mass is 300 g/mol. The third kappa shape index (κ3) is 3.37. The lowest BCUT2D eigenvalue weighted by atomic mass is 9.94. The van der Waals surface area contributed by atoms with E-state index in [1.165, 1.54) is 35.2 Å². The average Bonchev–Trinajstić information content (AvgIpc) is 2.85. The molecule has 0 spiro atoms. The molecule has 1 N–H and O–H groups in total. The predicted octanol–water partition coefficient (Wildman–Crippen LogP) is 3.75. The van der Waals surface area contributed by atoms with E-state index < -0.39 is 0 Å². The summed E-state index contributed by atoms with van der Waals surface area (Å²) >= 11 is 1.80. The van der Waals surface area contributed by atoms with E-state index >= 15 is 0 Å². The first-order valence-corrected chi connectivity index (χ1v) is 8.74. The number of nitrogens with one attached hydrogen (secondary N) is 1. The Bertz CT molecular complexity index is 569. The van der Waals surface area contributed by atoms with E-state index in [1.807, 2.05) is 0 Å². The van der Waals surface area contributed by atoms with Gasteiger partial charge in [0.1, 0.15) is 0 Å². The Balaban J connectivity index is 1.99. The van der Waals surface area contributed by atoms with Crippen molar-refractivity contribution in [1.29, 1.82) is 0 Å². The highest BCUT2D eigenvalue weighted by Gasteiger charge is 2.24. The summed E-state index contributed by atoms with van der Waals surface area (Å²) in [6.45, 7) is 8.93. The normalized spacial score (nSPS) is 18.4. The Labute approximate surface area is 131 Å². The Kier molecular flexibility index (Phi) is 4.73. The number of thiophene rings is 1. The molecule has 1 saturated heterocycles. The van der Waals surface area contributed by atoms with Crippen molar-refractivity contribution >= 4 is 11.3 Å². The van der Waals surface area contributed by atoms with Crippen molar-refractivity contribution in [2.45, 2.75) is 26.3 Å². The highest BCUT2D eigenvalue weighted by Crippen LogP contribution is 2.32. The van der Waals surface area contributed by atoms with E-state index in [4.69, 9.17) is 0 Å². The van der Waals surface area contributed by atoms with Gasteiger partial charge in [-0.15, -0.1) is 0 Å². The standard InChI is InChI=1S/C18H24N2S/c1-14-4-5-17(15(2)12-14)18(16-6-11-21-13-16)20-9-3-7-19-8-10-20/h4-6,11-13,18-19H,3,7-10H2,1-2H3. The average molecular weight is 300 g/mol. The second-order valence-corrected chi connectivity index (χ2v) is 6.74. The maximum Gasteiger partial charge on any atom is 0.0613 e. The maximum atomic E-state index is 3.51. The molecule has 21 heavy (non-hydrogen) atoms. The van der Waals surface area contributed by atoms with Gasteiger partial charge in [0.05, 0.1) is 6.04 Å². The van der Waals surface area contributed by atoms with Gasteiger partial charge < -0.3 is 5.32 Å². The zero-order chi connectivity index (χ0) is 14.7. The van der Waals surface area contributed by atoms with Crippen molar-refractivity contribution < 1.29 is 0 Å². The van der Waals surface area contributed by atoms with Gasteiger partial charge in [-0.2, -0.15) is 11.3 Å². The predicted molar refractivity (Wildman–Crippen MR) is 91.1 cm³/mol. The van der Waals surface area contributed by atoms with E-state index in [0.29, 0.717) is 6.04 Å². The van der Waals surface area contributed by atoms with Crippen molar-refractivity contribution in [1.82, 2.24) is 10.2 Å². The molecule has 1 fully saturated rings. The largest absolute Gasteiger partial charge is 0.315 e. The van der Waals surface area contributed by atoms with Crippen LogP contribution in [0.4, 0.5) is 0 Å². The Morgan fingerprint density at radius 3 is 2.81 bits per heavy atom.